The molecular formula is C15H13BrCl2FNO. The molecule has 2 aromatic carbocycles. The van der Waals surface area contributed by atoms with Crippen LogP contribution >= 0.6 is 39.1 Å². The Bertz CT molecular complexity index is 634. The Balaban J connectivity index is 2.33. The fraction of sp³-hybridized carbons (Fsp3) is 0.200. The topological polar surface area (TPSA) is 35.2 Å². The van der Waals surface area contributed by atoms with E-state index in [0.717, 1.165) is 5.56 Å². The zero-order chi connectivity index (χ0) is 15.6. The first kappa shape index (κ1) is 16.6. The van der Waals surface area contributed by atoms with Crippen LogP contribution in [0.1, 0.15) is 18.6 Å². The Morgan fingerprint density at radius 1 is 1.19 bits per heavy atom. The summed E-state index contributed by atoms with van der Waals surface area (Å²) in [6, 6.07) is 9.56. The highest BCUT2D eigenvalue weighted by atomic mass is 79.9. The molecule has 2 atom stereocenters. The summed E-state index contributed by atoms with van der Waals surface area (Å²) in [5.41, 5.74) is 6.84. The molecule has 0 fully saturated rings. The molecule has 0 heterocycles. The lowest BCUT2D eigenvalue weighted by atomic mass is 10.0. The van der Waals surface area contributed by atoms with Gasteiger partial charge in [0.15, 0.2) is 0 Å². The van der Waals surface area contributed by atoms with Gasteiger partial charge in [-0.2, -0.15) is 0 Å². The molecule has 0 bridgehead atoms. The van der Waals surface area contributed by atoms with E-state index in [1.807, 2.05) is 19.1 Å². The second kappa shape index (κ2) is 6.97. The van der Waals surface area contributed by atoms with Crippen molar-refractivity contribution in [1.82, 2.24) is 0 Å². The van der Waals surface area contributed by atoms with Gasteiger partial charge < -0.3 is 10.5 Å². The SMILES string of the molecule is CC(N)C(Oc1cc(F)c(Cl)cc1Br)c1ccc(Cl)cc1. The summed E-state index contributed by atoms with van der Waals surface area (Å²) >= 11 is 14.9. The van der Waals surface area contributed by atoms with Crippen LogP contribution in [0.3, 0.4) is 0 Å². The molecule has 2 N–H and O–H groups in total. The summed E-state index contributed by atoms with van der Waals surface area (Å²) in [6.07, 6.45) is -0.431. The lowest BCUT2D eigenvalue weighted by molar-refractivity contribution is 0.178. The molecule has 0 spiro atoms. The van der Waals surface area contributed by atoms with E-state index in [1.54, 1.807) is 12.1 Å². The van der Waals surface area contributed by atoms with Gasteiger partial charge in [-0.1, -0.05) is 35.3 Å². The van der Waals surface area contributed by atoms with Crippen LogP contribution in [0.25, 0.3) is 0 Å². The van der Waals surface area contributed by atoms with Crippen molar-refractivity contribution in [3.8, 4) is 5.75 Å². The number of hydrogen-bond donors (Lipinski definition) is 1. The highest BCUT2D eigenvalue weighted by Gasteiger charge is 2.20. The van der Waals surface area contributed by atoms with E-state index in [0.29, 0.717) is 15.2 Å². The fourth-order valence-corrected chi connectivity index (χ4v) is 2.72. The van der Waals surface area contributed by atoms with E-state index in [9.17, 15) is 4.39 Å². The van der Waals surface area contributed by atoms with Crippen molar-refractivity contribution in [2.75, 3.05) is 0 Å². The summed E-state index contributed by atoms with van der Waals surface area (Å²) in [4.78, 5) is 0. The molecule has 0 aliphatic rings. The summed E-state index contributed by atoms with van der Waals surface area (Å²) in [5.74, 6) is -0.205. The number of halogens is 4. The normalized spacial score (nSPS) is 13.8. The minimum atomic E-state index is -0.547. The number of hydrogen-bond acceptors (Lipinski definition) is 2. The minimum absolute atomic E-state index is 0.0260. The van der Waals surface area contributed by atoms with E-state index in [-0.39, 0.29) is 11.1 Å². The average Bonchev–Trinajstić information content (AvgIpc) is 2.42. The molecule has 2 rings (SSSR count). The highest BCUT2D eigenvalue weighted by molar-refractivity contribution is 9.10. The summed E-state index contributed by atoms with van der Waals surface area (Å²) in [7, 11) is 0. The van der Waals surface area contributed by atoms with Crippen LogP contribution in [-0.4, -0.2) is 6.04 Å². The Morgan fingerprint density at radius 3 is 2.38 bits per heavy atom. The van der Waals surface area contributed by atoms with E-state index in [4.69, 9.17) is 33.7 Å². The maximum atomic E-state index is 13.6. The maximum Gasteiger partial charge on any atom is 0.145 e. The zero-order valence-electron chi connectivity index (χ0n) is 11.1. The first-order valence-corrected chi connectivity index (χ1v) is 7.75. The van der Waals surface area contributed by atoms with Gasteiger partial charge in [-0.3, -0.25) is 0 Å². The van der Waals surface area contributed by atoms with Gasteiger partial charge >= 0.3 is 0 Å². The van der Waals surface area contributed by atoms with Crippen molar-refractivity contribution < 1.29 is 9.13 Å². The Kier molecular flexibility index (Phi) is 5.49. The largest absolute Gasteiger partial charge is 0.483 e. The van der Waals surface area contributed by atoms with E-state index >= 15 is 0 Å². The average molecular weight is 393 g/mol. The van der Waals surface area contributed by atoms with Crippen molar-refractivity contribution >= 4 is 39.1 Å². The molecule has 0 aliphatic carbocycles. The predicted octanol–water partition coefficient (Wildman–Crippen LogP) is 5.36. The van der Waals surface area contributed by atoms with Crippen LogP contribution in [0.15, 0.2) is 40.9 Å². The monoisotopic (exact) mass is 391 g/mol. The molecular weight excluding hydrogens is 380 g/mol. The second-order valence-corrected chi connectivity index (χ2v) is 6.34. The third kappa shape index (κ3) is 4.10. The molecule has 2 unspecified atom stereocenters. The van der Waals surface area contributed by atoms with Crippen molar-refractivity contribution in [3.05, 3.63) is 62.3 Å². The van der Waals surface area contributed by atoms with Crippen LogP contribution in [0.4, 0.5) is 4.39 Å². The quantitative estimate of drug-likeness (QED) is 0.710. The van der Waals surface area contributed by atoms with Crippen molar-refractivity contribution in [2.45, 2.75) is 19.1 Å². The Hall–Kier alpha value is -0.810. The molecule has 0 saturated carbocycles. The molecule has 0 saturated heterocycles. The van der Waals surface area contributed by atoms with Crippen molar-refractivity contribution in [1.29, 1.82) is 0 Å². The Labute approximate surface area is 141 Å². The van der Waals surface area contributed by atoms with Gasteiger partial charge in [-0.15, -0.1) is 0 Å². The van der Waals surface area contributed by atoms with E-state index < -0.39 is 11.9 Å². The van der Waals surface area contributed by atoms with Gasteiger partial charge in [-0.25, -0.2) is 4.39 Å². The van der Waals surface area contributed by atoms with Crippen LogP contribution in [0.2, 0.25) is 10.0 Å². The molecule has 2 aromatic rings. The standard InChI is InChI=1S/C15H13BrCl2FNO/c1-8(20)15(9-2-4-10(17)5-3-9)21-14-7-13(19)12(18)6-11(14)16/h2-8,15H,20H2,1H3. The number of benzene rings is 2. The highest BCUT2D eigenvalue weighted by Crippen LogP contribution is 2.34. The first-order valence-electron chi connectivity index (χ1n) is 6.20. The molecule has 0 amide bonds. The van der Waals surface area contributed by atoms with Gasteiger partial charge in [0.2, 0.25) is 0 Å². The lowest BCUT2D eigenvalue weighted by Crippen LogP contribution is -2.29. The molecule has 2 nitrogen and oxygen atoms in total. The zero-order valence-corrected chi connectivity index (χ0v) is 14.2. The first-order chi connectivity index (χ1) is 9.88. The lowest BCUT2D eigenvalue weighted by Gasteiger charge is -2.24. The molecule has 0 aliphatic heterocycles. The molecule has 0 aromatic heterocycles. The number of rotatable bonds is 4. The van der Waals surface area contributed by atoms with Crippen LogP contribution in [0.5, 0.6) is 5.75 Å². The smallest absolute Gasteiger partial charge is 0.145 e. The third-order valence-electron chi connectivity index (χ3n) is 2.90. The minimum Gasteiger partial charge on any atom is -0.483 e. The van der Waals surface area contributed by atoms with E-state index in [1.165, 1.54) is 12.1 Å². The molecule has 0 radical (unpaired) electrons. The van der Waals surface area contributed by atoms with Crippen molar-refractivity contribution in [2.24, 2.45) is 5.73 Å². The molecule has 6 heteroatoms. The fourth-order valence-electron chi connectivity index (χ4n) is 1.86. The van der Waals surface area contributed by atoms with Crippen molar-refractivity contribution in [3.63, 3.8) is 0 Å². The maximum absolute atomic E-state index is 13.6. The number of nitrogens with two attached hydrogens (primary N) is 1. The summed E-state index contributed by atoms with van der Waals surface area (Å²) in [6.45, 7) is 1.82. The van der Waals surface area contributed by atoms with Crippen LogP contribution in [0, 0.1) is 5.82 Å². The van der Waals surface area contributed by atoms with Gasteiger partial charge in [0, 0.05) is 17.1 Å². The summed E-state index contributed by atoms with van der Waals surface area (Å²) < 4.78 is 20.0. The molecule has 112 valence electrons. The third-order valence-corrected chi connectivity index (χ3v) is 4.07. The Morgan fingerprint density at radius 2 is 1.81 bits per heavy atom. The van der Waals surface area contributed by atoms with Crippen LogP contribution in [-0.2, 0) is 0 Å². The molecule has 21 heavy (non-hydrogen) atoms. The van der Waals surface area contributed by atoms with Gasteiger partial charge in [0.25, 0.3) is 0 Å². The van der Waals surface area contributed by atoms with E-state index in [2.05, 4.69) is 15.9 Å². The van der Waals surface area contributed by atoms with Crippen LogP contribution < -0.4 is 10.5 Å². The second-order valence-electron chi connectivity index (χ2n) is 4.65. The predicted molar refractivity (Wildman–Crippen MR) is 87.6 cm³/mol. The number of ether oxygens (including phenoxy) is 1. The van der Waals surface area contributed by atoms with Gasteiger partial charge in [-0.05, 0) is 46.6 Å². The van der Waals surface area contributed by atoms with Gasteiger partial charge in [0.1, 0.15) is 17.7 Å². The summed E-state index contributed by atoms with van der Waals surface area (Å²) in [5, 5.41) is 0.652. The van der Waals surface area contributed by atoms with Gasteiger partial charge in [0.05, 0.1) is 9.50 Å².